The molecule has 0 saturated heterocycles. The summed E-state index contributed by atoms with van der Waals surface area (Å²) in [6, 6.07) is 3.41. The molecule has 1 N–H and O–H groups in total. The van der Waals surface area contributed by atoms with Gasteiger partial charge in [-0.3, -0.25) is 19.6 Å². The summed E-state index contributed by atoms with van der Waals surface area (Å²) in [7, 11) is 0. The molecule has 2 rings (SSSR count). The minimum Gasteiger partial charge on any atom is -0.487 e. The smallest absolute Gasteiger partial charge is 0.275 e. The van der Waals surface area contributed by atoms with E-state index in [1.165, 1.54) is 6.07 Å². The zero-order valence-electron chi connectivity index (χ0n) is 14.5. The predicted octanol–water partition coefficient (Wildman–Crippen LogP) is 3.84. The van der Waals surface area contributed by atoms with E-state index < -0.39 is 23.9 Å². The maximum absolute atomic E-state index is 12.3. The lowest BCUT2D eigenvalue weighted by Crippen LogP contribution is -2.16. The molecule has 11 heteroatoms. The van der Waals surface area contributed by atoms with Crippen molar-refractivity contribution in [3.63, 3.8) is 0 Å². The maximum atomic E-state index is 12.3. The first-order valence-electron chi connectivity index (χ1n) is 7.87. The van der Waals surface area contributed by atoms with E-state index in [0.29, 0.717) is 6.54 Å². The minimum atomic E-state index is -2.72. The van der Waals surface area contributed by atoms with Crippen LogP contribution in [0.5, 0.6) is 5.75 Å². The molecular weight excluding hydrogens is 430 g/mol. The third-order valence-electron chi connectivity index (χ3n) is 3.61. The predicted molar refractivity (Wildman–Crippen MR) is 97.2 cm³/mol. The highest BCUT2D eigenvalue weighted by Crippen LogP contribution is 2.26. The Bertz CT molecular complexity index is 857. The Hall–Kier alpha value is -2.56. The van der Waals surface area contributed by atoms with Crippen LogP contribution in [0.15, 0.2) is 22.7 Å². The normalized spacial score (nSPS) is 10.9. The number of hydrogen-bond acceptors (Lipinski definition) is 5. The molecule has 0 aliphatic heterocycles. The van der Waals surface area contributed by atoms with E-state index >= 15 is 0 Å². The molecule has 0 spiro atoms. The van der Waals surface area contributed by atoms with E-state index in [1.807, 2.05) is 13.8 Å². The third-order valence-corrected chi connectivity index (χ3v) is 4.75. The van der Waals surface area contributed by atoms with Crippen molar-refractivity contribution in [2.45, 2.75) is 33.2 Å². The summed E-state index contributed by atoms with van der Waals surface area (Å²) in [6.07, 6.45) is -2.65. The van der Waals surface area contributed by atoms with Crippen LogP contribution in [0.25, 0.3) is 0 Å². The van der Waals surface area contributed by atoms with Gasteiger partial charge in [0.15, 0.2) is 0 Å². The Kier molecular flexibility index (Phi) is 6.83. The number of carbonyl (C=O) groups is 1. The fraction of sp³-hybridized carbons (Fsp3) is 0.375. The van der Waals surface area contributed by atoms with Crippen molar-refractivity contribution in [1.29, 1.82) is 0 Å². The SMILES string of the molecule is Cc1nn(CCC(=O)Nc2cc(OCC(F)F)cc([N+](=O)[O-])c2)c(C)c1Br. The minimum absolute atomic E-state index is 0.0737. The molecule has 0 bridgehead atoms. The molecule has 0 radical (unpaired) electrons. The number of rotatable bonds is 8. The van der Waals surface area contributed by atoms with Gasteiger partial charge in [-0.1, -0.05) is 0 Å². The van der Waals surface area contributed by atoms with E-state index in [0.717, 1.165) is 28.0 Å². The number of aryl methyl sites for hydroxylation is 2. The number of ether oxygens (including phenoxy) is 1. The first-order valence-corrected chi connectivity index (χ1v) is 8.66. The number of nitro benzene ring substituents is 1. The number of nitro groups is 1. The topological polar surface area (TPSA) is 99.3 Å². The largest absolute Gasteiger partial charge is 0.487 e. The van der Waals surface area contributed by atoms with Gasteiger partial charge in [0, 0.05) is 24.2 Å². The van der Waals surface area contributed by atoms with Crippen molar-refractivity contribution in [1.82, 2.24) is 9.78 Å². The van der Waals surface area contributed by atoms with Crippen LogP contribution >= 0.6 is 15.9 Å². The van der Waals surface area contributed by atoms with Crippen molar-refractivity contribution in [3.8, 4) is 5.75 Å². The first-order chi connectivity index (χ1) is 12.7. The molecule has 0 fully saturated rings. The molecule has 0 unspecified atom stereocenters. The van der Waals surface area contributed by atoms with E-state index in [4.69, 9.17) is 4.74 Å². The fourth-order valence-corrected chi connectivity index (χ4v) is 2.61. The number of hydrogen-bond donors (Lipinski definition) is 1. The summed E-state index contributed by atoms with van der Waals surface area (Å²) in [5, 5.41) is 17.8. The molecule has 27 heavy (non-hydrogen) atoms. The summed E-state index contributed by atoms with van der Waals surface area (Å²) in [6.45, 7) is 3.10. The molecule has 0 atom stereocenters. The Morgan fingerprint density at radius 3 is 2.67 bits per heavy atom. The van der Waals surface area contributed by atoms with Gasteiger partial charge < -0.3 is 10.1 Å². The van der Waals surface area contributed by atoms with Gasteiger partial charge in [0.2, 0.25) is 5.91 Å². The second-order valence-corrected chi connectivity index (χ2v) is 6.47. The molecule has 2 aromatic rings. The van der Waals surface area contributed by atoms with Crippen molar-refractivity contribution in [3.05, 3.63) is 44.2 Å². The molecule has 1 aromatic heterocycles. The van der Waals surface area contributed by atoms with E-state index in [-0.39, 0.29) is 23.5 Å². The lowest BCUT2D eigenvalue weighted by atomic mass is 10.2. The molecule has 1 aromatic carbocycles. The number of non-ortho nitro benzene ring substituents is 1. The molecule has 0 aliphatic rings. The Balaban J connectivity index is 2.06. The highest BCUT2D eigenvalue weighted by molar-refractivity contribution is 9.10. The molecular formula is C16H17BrF2N4O4. The average Bonchev–Trinajstić information content (AvgIpc) is 2.85. The summed E-state index contributed by atoms with van der Waals surface area (Å²) in [5.74, 6) is -0.527. The van der Waals surface area contributed by atoms with Crippen molar-refractivity contribution >= 4 is 33.2 Å². The van der Waals surface area contributed by atoms with Crippen LogP contribution in [-0.2, 0) is 11.3 Å². The molecule has 0 aliphatic carbocycles. The average molecular weight is 447 g/mol. The molecule has 1 amide bonds. The van der Waals surface area contributed by atoms with Gasteiger partial charge in [-0.15, -0.1) is 0 Å². The zero-order chi connectivity index (χ0) is 20.1. The number of aromatic nitrogens is 2. The number of benzene rings is 1. The number of halogens is 3. The lowest BCUT2D eigenvalue weighted by Gasteiger charge is -2.10. The number of amides is 1. The Morgan fingerprint density at radius 1 is 1.41 bits per heavy atom. The number of carbonyl (C=O) groups excluding carboxylic acids is 1. The quantitative estimate of drug-likeness (QED) is 0.490. The summed E-state index contributed by atoms with van der Waals surface area (Å²) >= 11 is 3.40. The highest BCUT2D eigenvalue weighted by Gasteiger charge is 2.15. The number of alkyl halides is 2. The highest BCUT2D eigenvalue weighted by atomic mass is 79.9. The van der Waals surface area contributed by atoms with Crippen molar-refractivity contribution in [2.75, 3.05) is 11.9 Å². The summed E-state index contributed by atoms with van der Waals surface area (Å²) in [4.78, 5) is 22.4. The van der Waals surface area contributed by atoms with Gasteiger partial charge in [0.1, 0.15) is 12.4 Å². The molecule has 1 heterocycles. The van der Waals surface area contributed by atoms with E-state index in [2.05, 4.69) is 26.3 Å². The number of nitrogens with one attached hydrogen (secondary N) is 1. The van der Waals surface area contributed by atoms with Crippen LogP contribution in [0.4, 0.5) is 20.2 Å². The monoisotopic (exact) mass is 446 g/mol. The van der Waals surface area contributed by atoms with Crippen molar-refractivity contribution in [2.24, 2.45) is 0 Å². The van der Waals surface area contributed by atoms with Crippen LogP contribution in [0.3, 0.4) is 0 Å². The van der Waals surface area contributed by atoms with Gasteiger partial charge in [-0.25, -0.2) is 8.78 Å². The fourth-order valence-electron chi connectivity index (χ4n) is 2.33. The second kappa shape index (κ2) is 8.89. The van der Waals surface area contributed by atoms with E-state index in [9.17, 15) is 23.7 Å². The maximum Gasteiger partial charge on any atom is 0.275 e. The second-order valence-electron chi connectivity index (χ2n) is 5.68. The van der Waals surface area contributed by atoms with Gasteiger partial charge in [-0.2, -0.15) is 5.10 Å². The van der Waals surface area contributed by atoms with Gasteiger partial charge >= 0.3 is 0 Å². The standard InChI is InChI=1S/C16H17BrF2N4O4/c1-9-16(17)10(2)22(21-9)4-3-15(24)20-11-5-12(23(25)26)7-13(6-11)27-8-14(18)19/h5-7,14H,3-4,8H2,1-2H3,(H,20,24). The zero-order valence-corrected chi connectivity index (χ0v) is 16.1. The molecule has 0 saturated carbocycles. The van der Waals surface area contributed by atoms with Gasteiger partial charge in [-0.05, 0) is 29.8 Å². The van der Waals surface area contributed by atoms with Crippen LogP contribution in [-0.4, -0.2) is 33.6 Å². The number of nitrogens with zero attached hydrogens (tertiary/aromatic N) is 3. The van der Waals surface area contributed by atoms with Crippen LogP contribution in [0.1, 0.15) is 17.8 Å². The third kappa shape index (κ3) is 5.71. The molecule has 8 nitrogen and oxygen atoms in total. The van der Waals surface area contributed by atoms with Crippen molar-refractivity contribution < 1.29 is 23.2 Å². The van der Waals surface area contributed by atoms with E-state index in [1.54, 1.807) is 4.68 Å². The molecule has 146 valence electrons. The summed E-state index contributed by atoms with van der Waals surface area (Å²) < 4.78 is 31.9. The number of anilines is 1. The first kappa shape index (κ1) is 20.7. The van der Waals surface area contributed by atoms with Gasteiger partial charge in [0.25, 0.3) is 12.1 Å². The Morgan fingerprint density at radius 2 is 2.11 bits per heavy atom. The summed E-state index contributed by atoms with van der Waals surface area (Å²) in [5.41, 5.74) is 1.39. The van der Waals surface area contributed by atoms with Crippen LogP contribution < -0.4 is 10.1 Å². The van der Waals surface area contributed by atoms with Gasteiger partial charge in [0.05, 0.1) is 33.4 Å². The Labute approximate surface area is 161 Å². The van der Waals surface area contributed by atoms with Crippen LogP contribution in [0, 0.1) is 24.0 Å². The lowest BCUT2D eigenvalue weighted by molar-refractivity contribution is -0.384. The van der Waals surface area contributed by atoms with Crippen LogP contribution in [0.2, 0.25) is 0 Å².